The first-order chi connectivity index (χ1) is 8.04. The van der Waals surface area contributed by atoms with Crippen molar-refractivity contribution >= 4 is 11.6 Å². The van der Waals surface area contributed by atoms with Gasteiger partial charge in [-0.05, 0) is 6.07 Å². The molecule has 7 heteroatoms. The Kier molecular flexibility index (Phi) is 4.27. The van der Waals surface area contributed by atoms with E-state index in [1.165, 1.54) is 25.3 Å². The van der Waals surface area contributed by atoms with Crippen molar-refractivity contribution in [2.45, 2.75) is 6.42 Å². The zero-order chi connectivity index (χ0) is 12.8. The van der Waals surface area contributed by atoms with Crippen molar-refractivity contribution in [2.24, 2.45) is 5.73 Å². The van der Waals surface area contributed by atoms with Crippen molar-refractivity contribution in [2.75, 3.05) is 13.7 Å². The maximum absolute atomic E-state index is 10.7. The van der Waals surface area contributed by atoms with Crippen LogP contribution in [0.25, 0.3) is 0 Å². The first-order valence-corrected chi connectivity index (χ1v) is 4.78. The molecule has 92 valence electrons. The molecule has 7 nitrogen and oxygen atoms in total. The number of hydrogen-bond acceptors (Lipinski definition) is 5. The lowest BCUT2D eigenvalue weighted by atomic mass is 10.3. The van der Waals surface area contributed by atoms with E-state index in [2.05, 4.69) is 0 Å². The topological polar surface area (TPSA) is 105 Å². The highest BCUT2D eigenvalue weighted by molar-refractivity contribution is 5.73. The Hall–Kier alpha value is -2.31. The van der Waals surface area contributed by atoms with Crippen LogP contribution in [-0.2, 0) is 4.79 Å². The fraction of sp³-hybridized carbons (Fsp3) is 0.300. The van der Waals surface area contributed by atoms with Gasteiger partial charge in [0.25, 0.3) is 0 Å². The number of nitrogens with two attached hydrogens (primary N) is 1. The minimum Gasteiger partial charge on any atom is -0.497 e. The minimum absolute atomic E-state index is 0.00559. The Balaban J connectivity index is 2.85. The fourth-order valence-corrected chi connectivity index (χ4v) is 1.15. The highest BCUT2D eigenvalue weighted by Gasteiger charge is 2.16. The first kappa shape index (κ1) is 12.8. The summed E-state index contributed by atoms with van der Waals surface area (Å²) < 4.78 is 10.1. The molecule has 0 atom stereocenters. The van der Waals surface area contributed by atoms with Gasteiger partial charge in [0.2, 0.25) is 11.7 Å². The molecule has 0 heterocycles. The predicted octanol–water partition coefficient (Wildman–Crippen LogP) is 0.858. The summed E-state index contributed by atoms with van der Waals surface area (Å²) in [5.74, 6) is -0.0455. The molecule has 0 bridgehead atoms. The van der Waals surface area contributed by atoms with Crippen LogP contribution in [0.3, 0.4) is 0 Å². The van der Waals surface area contributed by atoms with Crippen molar-refractivity contribution < 1.29 is 19.2 Å². The van der Waals surface area contributed by atoms with E-state index in [1.807, 2.05) is 0 Å². The quantitative estimate of drug-likeness (QED) is 0.586. The highest BCUT2D eigenvalue weighted by Crippen LogP contribution is 2.30. The number of benzene rings is 1. The molecule has 0 spiro atoms. The predicted molar refractivity (Wildman–Crippen MR) is 59.0 cm³/mol. The molecule has 1 aromatic rings. The number of nitrogens with zero attached hydrogens (tertiary/aromatic N) is 1. The lowest BCUT2D eigenvalue weighted by Gasteiger charge is -2.07. The van der Waals surface area contributed by atoms with Crippen LogP contribution in [0.2, 0.25) is 0 Å². The second kappa shape index (κ2) is 5.69. The number of rotatable bonds is 6. The second-order valence-electron chi connectivity index (χ2n) is 3.16. The van der Waals surface area contributed by atoms with Gasteiger partial charge < -0.3 is 15.2 Å². The average Bonchev–Trinajstić information content (AvgIpc) is 2.28. The number of hydrogen-bond donors (Lipinski definition) is 1. The van der Waals surface area contributed by atoms with Gasteiger partial charge in [-0.3, -0.25) is 14.9 Å². The molecule has 0 aromatic heterocycles. The maximum atomic E-state index is 10.7. The Bertz CT molecular complexity index is 433. The molecular weight excluding hydrogens is 228 g/mol. The van der Waals surface area contributed by atoms with Gasteiger partial charge in [0.05, 0.1) is 25.1 Å². The Morgan fingerprint density at radius 2 is 2.24 bits per heavy atom. The maximum Gasteiger partial charge on any atom is 0.311 e. The zero-order valence-electron chi connectivity index (χ0n) is 9.21. The van der Waals surface area contributed by atoms with E-state index in [0.717, 1.165) is 0 Å². The summed E-state index contributed by atoms with van der Waals surface area (Å²) in [5, 5.41) is 10.7. The van der Waals surface area contributed by atoms with E-state index in [-0.39, 0.29) is 24.5 Å². The van der Waals surface area contributed by atoms with Gasteiger partial charge in [-0.25, -0.2) is 0 Å². The van der Waals surface area contributed by atoms with Gasteiger partial charge in [0.15, 0.2) is 0 Å². The van der Waals surface area contributed by atoms with Crippen LogP contribution in [0, 0.1) is 10.1 Å². The summed E-state index contributed by atoms with van der Waals surface area (Å²) >= 11 is 0. The molecule has 1 amide bonds. The summed E-state index contributed by atoms with van der Waals surface area (Å²) in [5.41, 5.74) is 4.75. The number of carbonyl (C=O) groups is 1. The SMILES string of the molecule is COc1ccc([N+](=O)[O-])c(OCCC(N)=O)c1. The fourth-order valence-electron chi connectivity index (χ4n) is 1.15. The van der Waals surface area contributed by atoms with E-state index >= 15 is 0 Å². The molecule has 0 unspecified atom stereocenters. The number of carbonyl (C=O) groups excluding carboxylic acids is 1. The third-order valence-electron chi connectivity index (χ3n) is 1.97. The van der Waals surface area contributed by atoms with Crippen molar-refractivity contribution in [3.05, 3.63) is 28.3 Å². The smallest absolute Gasteiger partial charge is 0.311 e. The molecule has 17 heavy (non-hydrogen) atoms. The van der Waals surface area contributed by atoms with Gasteiger partial charge in [-0.2, -0.15) is 0 Å². The Labute approximate surface area is 97.3 Å². The normalized spacial score (nSPS) is 9.71. The summed E-state index contributed by atoms with van der Waals surface area (Å²) in [6.07, 6.45) is -0.00559. The van der Waals surface area contributed by atoms with Crippen molar-refractivity contribution in [3.63, 3.8) is 0 Å². The first-order valence-electron chi connectivity index (χ1n) is 4.78. The van der Waals surface area contributed by atoms with Crippen LogP contribution in [0.4, 0.5) is 5.69 Å². The molecule has 0 aliphatic rings. The van der Waals surface area contributed by atoms with Crippen LogP contribution in [0.5, 0.6) is 11.5 Å². The van der Waals surface area contributed by atoms with Gasteiger partial charge in [-0.1, -0.05) is 0 Å². The van der Waals surface area contributed by atoms with Crippen molar-refractivity contribution in [1.29, 1.82) is 0 Å². The summed E-state index contributed by atoms with van der Waals surface area (Å²) in [4.78, 5) is 20.7. The third kappa shape index (κ3) is 3.63. The van der Waals surface area contributed by atoms with E-state index in [1.54, 1.807) is 0 Å². The summed E-state index contributed by atoms with van der Waals surface area (Å²) in [7, 11) is 1.44. The van der Waals surface area contributed by atoms with Crippen LogP contribution in [0.1, 0.15) is 6.42 Å². The molecular formula is C10H12N2O5. The molecule has 0 fully saturated rings. The van der Waals surface area contributed by atoms with E-state index in [4.69, 9.17) is 15.2 Å². The van der Waals surface area contributed by atoms with E-state index < -0.39 is 10.8 Å². The number of amides is 1. The van der Waals surface area contributed by atoms with Crippen molar-refractivity contribution in [1.82, 2.24) is 0 Å². The largest absolute Gasteiger partial charge is 0.497 e. The molecule has 0 aliphatic carbocycles. The standard InChI is InChI=1S/C10H12N2O5/c1-16-7-2-3-8(12(14)15)9(6-7)17-5-4-10(11)13/h2-3,6H,4-5H2,1H3,(H2,11,13). The number of nitro groups is 1. The minimum atomic E-state index is -0.570. The van der Waals surface area contributed by atoms with Gasteiger partial charge in [-0.15, -0.1) is 0 Å². The van der Waals surface area contributed by atoms with Crippen LogP contribution < -0.4 is 15.2 Å². The molecule has 2 N–H and O–H groups in total. The molecule has 1 aromatic carbocycles. The Morgan fingerprint density at radius 1 is 1.53 bits per heavy atom. The Morgan fingerprint density at radius 3 is 2.76 bits per heavy atom. The van der Waals surface area contributed by atoms with Crippen molar-refractivity contribution in [3.8, 4) is 11.5 Å². The second-order valence-corrected chi connectivity index (χ2v) is 3.16. The van der Waals surface area contributed by atoms with Gasteiger partial charge in [0.1, 0.15) is 5.75 Å². The molecule has 0 saturated heterocycles. The molecule has 1 rings (SSSR count). The number of methoxy groups -OCH3 is 1. The summed E-state index contributed by atoms with van der Waals surface area (Å²) in [6, 6.07) is 4.12. The molecule has 0 aliphatic heterocycles. The lowest BCUT2D eigenvalue weighted by Crippen LogP contribution is -2.14. The monoisotopic (exact) mass is 240 g/mol. The highest BCUT2D eigenvalue weighted by atomic mass is 16.6. The zero-order valence-corrected chi connectivity index (χ0v) is 9.21. The number of ether oxygens (including phenoxy) is 2. The summed E-state index contributed by atoms with van der Waals surface area (Å²) in [6.45, 7) is -0.0106. The molecule has 0 saturated carbocycles. The lowest BCUT2D eigenvalue weighted by molar-refractivity contribution is -0.385. The van der Waals surface area contributed by atoms with Crippen LogP contribution >= 0.6 is 0 Å². The third-order valence-corrected chi connectivity index (χ3v) is 1.97. The average molecular weight is 240 g/mol. The molecule has 0 radical (unpaired) electrons. The van der Waals surface area contributed by atoms with Crippen LogP contribution in [0.15, 0.2) is 18.2 Å². The van der Waals surface area contributed by atoms with E-state index in [9.17, 15) is 14.9 Å². The van der Waals surface area contributed by atoms with E-state index in [0.29, 0.717) is 5.75 Å². The number of primary amides is 1. The van der Waals surface area contributed by atoms with Crippen LogP contribution in [-0.4, -0.2) is 24.5 Å². The van der Waals surface area contributed by atoms with Gasteiger partial charge in [0, 0.05) is 12.1 Å². The number of nitro benzene ring substituents is 1. The van der Waals surface area contributed by atoms with Gasteiger partial charge >= 0.3 is 5.69 Å².